The molecular weight excluding hydrogens is 282 g/mol. The number of carbonyl (C=O) groups is 2. The molecule has 2 amide bonds. The topological polar surface area (TPSA) is 71.5 Å². The number of aromatic nitrogens is 1. The average Bonchev–Trinajstić information content (AvgIpc) is 3.25. The van der Waals surface area contributed by atoms with Gasteiger partial charge in [0, 0.05) is 38.0 Å². The van der Waals surface area contributed by atoms with Crippen LogP contribution in [0.1, 0.15) is 46.5 Å². The molecular formula is C16H21N3O3. The third-order valence-corrected chi connectivity index (χ3v) is 4.15. The van der Waals surface area contributed by atoms with Crippen molar-refractivity contribution in [3.63, 3.8) is 0 Å². The van der Waals surface area contributed by atoms with Gasteiger partial charge in [-0.2, -0.15) is 0 Å². The Labute approximate surface area is 129 Å². The highest BCUT2D eigenvalue weighted by molar-refractivity contribution is 5.98. The largest absolute Gasteiger partial charge is 0.376 e. The molecule has 0 aromatic carbocycles. The van der Waals surface area contributed by atoms with Gasteiger partial charge in [-0.1, -0.05) is 0 Å². The second kappa shape index (κ2) is 6.87. The number of hydrogen-bond donors (Lipinski definition) is 1. The molecule has 118 valence electrons. The molecule has 0 saturated carbocycles. The van der Waals surface area contributed by atoms with E-state index < -0.39 is 0 Å². The van der Waals surface area contributed by atoms with Crippen molar-refractivity contribution in [2.75, 3.05) is 26.2 Å². The van der Waals surface area contributed by atoms with Gasteiger partial charge < -0.3 is 15.0 Å². The molecule has 0 radical (unpaired) electrons. The molecule has 2 aliphatic heterocycles. The van der Waals surface area contributed by atoms with Gasteiger partial charge in [-0.15, -0.1) is 0 Å². The van der Waals surface area contributed by atoms with E-state index in [1.807, 2.05) is 4.90 Å². The Kier molecular flexibility index (Phi) is 4.68. The van der Waals surface area contributed by atoms with Crippen molar-refractivity contribution in [3.05, 3.63) is 29.6 Å². The first kappa shape index (κ1) is 15.0. The Hall–Kier alpha value is -1.95. The second-order valence-corrected chi connectivity index (χ2v) is 5.77. The Morgan fingerprint density at radius 3 is 2.86 bits per heavy atom. The number of nitrogens with zero attached hydrogens (tertiary/aromatic N) is 2. The highest BCUT2D eigenvalue weighted by Crippen LogP contribution is 2.14. The summed E-state index contributed by atoms with van der Waals surface area (Å²) in [6.45, 7) is 2.84. The van der Waals surface area contributed by atoms with Crippen molar-refractivity contribution in [3.8, 4) is 0 Å². The third kappa shape index (κ3) is 3.44. The van der Waals surface area contributed by atoms with E-state index >= 15 is 0 Å². The van der Waals surface area contributed by atoms with Crippen LogP contribution in [0, 0.1) is 0 Å². The van der Waals surface area contributed by atoms with E-state index in [0.29, 0.717) is 12.1 Å². The first-order valence-corrected chi connectivity index (χ1v) is 7.89. The maximum absolute atomic E-state index is 12.3. The van der Waals surface area contributed by atoms with E-state index in [1.165, 1.54) is 6.20 Å². The van der Waals surface area contributed by atoms with Crippen LogP contribution < -0.4 is 5.32 Å². The van der Waals surface area contributed by atoms with Crippen molar-refractivity contribution in [2.45, 2.75) is 31.8 Å². The first-order valence-electron chi connectivity index (χ1n) is 7.89. The Morgan fingerprint density at radius 1 is 1.32 bits per heavy atom. The average molecular weight is 303 g/mol. The molecule has 3 rings (SSSR count). The molecule has 1 N–H and O–H groups in total. The lowest BCUT2D eigenvalue weighted by Crippen LogP contribution is -2.33. The number of hydrogen-bond acceptors (Lipinski definition) is 4. The fraction of sp³-hybridized carbons (Fsp3) is 0.562. The second-order valence-electron chi connectivity index (χ2n) is 5.77. The minimum atomic E-state index is -0.258. The molecule has 22 heavy (non-hydrogen) atoms. The summed E-state index contributed by atoms with van der Waals surface area (Å²) in [6, 6.07) is 3.24. The molecule has 1 aromatic rings. The van der Waals surface area contributed by atoms with Crippen LogP contribution in [-0.2, 0) is 4.74 Å². The van der Waals surface area contributed by atoms with Crippen LogP contribution in [0.25, 0.3) is 0 Å². The van der Waals surface area contributed by atoms with Crippen LogP contribution in [-0.4, -0.2) is 54.0 Å². The standard InChI is InChI=1S/C16H21N3O3/c20-15(18-11-13-4-3-9-22-13)14-10-12(5-6-17-14)16(21)19-7-1-2-8-19/h5-6,10,13H,1-4,7-9,11H2,(H,18,20). The van der Waals surface area contributed by atoms with Gasteiger partial charge in [0.2, 0.25) is 0 Å². The number of pyridine rings is 1. The summed E-state index contributed by atoms with van der Waals surface area (Å²) in [5, 5.41) is 2.83. The Balaban J connectivity index is 1.62. The third-order valence-electron chi connectivity index (χ3n) is 4.15. The van der Waals surface area contributed by atoms with Gasteiger partial charge in [0.05, 0.1) is 6.10 Å². The van der Waals surface area contributed by atoms with Gasteiger partial charge >= 0.3 is 0 Å². The van der Waals surface area contributed by atoms with Gasteiger partial charge in [-0.3, -0.25) is 14.6 Å². The van der Waals surface area contributed by atoms with E-state index in [-0.39, 0.29) is 23.6 Å². The zero-order valence-electron chi connectivity index (χ0n) is 12.6. The van der Waals surface area contributed by atoms with E-state index in [2.05, 4.69) is 10.3 Å². The number of likely N-dealkylation sites (tertiary alicyclic amines) is 1. The molecule has 2 saturated heterocycles. The lowest BCUT2D eigenvalue weighted by molar-refractivity contribution is 0.0792. The van der Waals surface area contributed by atoms with Crippen LogP contribution >= 0.6 is 0 Å². The predicted molar refractivity (Wildman–Crippen MR) is 80.7 cm³/mol. The molecule has 1 unspecified atom stereocenters. The predicted octanol–water partition coefficient (Wildman–Crippen LogP) is 1.23. The van der Waals surface area contributed by atoms with Crippen LogP contribution in [0.3, 0.4) is 0 Å². The van der Waals surface area contributed by atoms with Gasteiger partial charge in [-0.25, -0.2) is 0 Å². The summed E-state index contributed by atoms with van der Waals surface area (Å²) in [6.07, 6.45) is 5.72. The molecule has 2 fully saturated rings. The molecule has 3 heterocycles. The van der Waals surface area contributed by atoms with Crippen LogP contribution in [0.5, 0.6) is 0 Å². The van der Waals surface area contributed by atoms with Crippen LogP contribution in [0.15, 0.2) is 18.3 Å². The van der Waals surface area contributed by atoms with E-state index in [1.54, 1.807) is 12.1 Å². The Morgan fingerprint density at radius 2 is 2.14 bits per heavy atom. The van der Waals surface area contributed by atoms with E-state index in [4.69, 9.17) is 4.74 Å². The fourth-order valence-corrected chi connectivity index (χ4v) is 2.89. The summed E-state index contributed by atoms with van der Waals surface area (Å²) < 4.78 is 5.47. The minimum absolute atomic E-state index is 0.0203. The summed E-state index contributed by atoms with van der Waals surface area (Å²) in [5.41, 5.74) is 0.808. The van der Waals surface area contributed by atoms with Crippen molar-refractivity contribution >= 4 is 11.8 Å². The minimum Gasteiger partial charge on any atom is -0.376 e. The number of nitrogens with one attached hydrogen (secondary N) is 1. The molecule has 0 bridgehead atoms. The van der Waals surface area contributed by atoms with Crippen molar-refractivity contribution in [1.82, 2.24) is 15.2 Å². The molecule has 1 atom stereocenters. The lowest BCUT2D eigenvalue weighted by atomic mass is 10.2. The first-order chi connectivity index (χ1) is 10.7. The molecule has 2 aliphatic rings. The maximum Gasteiger partial charge on any atom is 0.269 e. The van der Waals surface area contributed by atoms with Gasteiger partial charge in [-0.05, 0) is 37.8 Å². The normalized spacial score (nSPS) is 21.1. The molecule has 6 heteroatoms. The molecule has 0 aliphatic carbocycles. The number of ether oxygens (including phenoxy) is 1. The monoisotopic (exact) mass is 303 g/mol. The Bertz CT molecular complexity index is 549. The highest BCUT2D eigenvalue weighted by Gasteiger charge is 2.21. The van der Waals surface area contributed by atoms with E-state index in [9.17, 15) is 9.59 Å². The molecule has 6 nitrogen and oxygen atoms in total. The summed E-state index contributed by atoms with van der Waals surface area (Å²) in [5.74, 6) is -0.278. The molecule has 0 spiro atoms. The SMILES string of the molecule is O=C(NCC1CCCO1)c1cc(C(=O)N2CCCC2)ccn1. The van der Waals surface area contributed by atoms with Gasteiger partial charge in [0.25, 0.3) is 11.8 Å². The van der Waals surface area contributed by atoms with Crippen molar-refractivity contribution in [2.24, 2.45) is 0 Å². The number of amides is 2. The lowest BCUT2D eigenvalue weighted by Gasteiger charge is -2.15. The number of rotatable bonds is 4. The van der Waals surface area contributed by atoms with Crippen molar-refractivity contribution < 1.29 is 14.3 Å². The summed E-state index contributed by atoms with van der Waals surface area (Å²) in [4.78, 5) is 30.4. The van der Waals surface area contributed by atoms with Gasteiger partial charge in [0.1, 0.15) is 5.69 Å². The number of carbonyl (C=O) groups excluding carboxylic acids is 2. The maximum atomic E-state index is 12.3. The zero-order chi connectivity index (χ0) is 15.4. The highest BCUT2D eigenvalue weighted by atomic mass is 16.5. The quantitative estimate of drug-likeness (QED) is 0.908. The van der Waals surface area contributed by atoms with Gasteiger partial charge in [0.15, 0.2) is 0 Å². The summed E-state index contributed by atoms with van der Waals surface area (Å²) >= 11 is 0. The fourth-order valence-electron chi connectivity index (χ4n) is 2.89. The van der Waals surface area contributed by atoms with Crippen molar-refractivity contribution in [1.29, 1.82) is 0 Å². The van der Waals surface area contributed by atoms with Crippen LogP contribution in [0.2, 0.25) is 0 Å². The smallest absolute Gasteiger partial charge is 0.269 e. The zero-order valence-corrected chi connectivity index (χ0v) is 12.6. The summed E-state index contributed by atoms with van der Waals surface area (Å²) in [7, 11) is 0. The van der Waals surface area contributed by atoms with Crippen LogP contribution in [0.4, 0.5) is 0 Å². The molecule has 1 aromatic heterocycles. The van der Waals surface area contributed by atoms with E-state index in [0.717, 1.165) is 45.4 Å².